The molecule has 0 saturated carbocycles. The summed E-state index contributed by atoms with van der Waals surface area (Å²) in [5.41, 5.74) is 1.46. The van der Waals surface area contributed by atoms with Crippen LogP contribution in [0.25, 0.3) is 5.76 Å². The van der Waals surface area contributed by atoms with E-state index in [0.29, 0.717) is 29.3 Å². The number of Topliss-reactive ketones (excluding diaryl/α,β-unsaturated/α-hetero) is 1. The lowest BCUT2D eigenvalue weighted by Crippen LogP contribution is -2.30. The molecule has 1 aromatic carbocycles. The van der Waals surface area contributed by atoms with Crippen molar-refractivity contribution in [3.8, 4) is 5.75 Å². The van der Waals surface area contributed by atoms with Gasteiger partial charge in [-0.25, -0.2) is 0 Å². The number of thiophene rings is 1. The molecule has 1 atom stereocenters. The Balaban J connectivity index is 2.20. The molecule has 5 nitrogen and oxygen atoms in total. The number of amides is 1. The topological polar surface area (TPSA) is 66.8 Å². The van der Waals surface area contributed by atoms with E-state index in [2.05, 4.69) is 0 Å². The Hall–Kier alpha value is -2.31. The molecular weight excluding hydrogens is 386 g/mol. The molecule has 142 valence electrons. The molecule has 1 saturated heterocycles. The zero-order valence-corrected chi connectivity index (χ0v) is 16.9. The first-order valence-electron chi connectivity index (χ1n) is 8.57. The Labute approximate surface area is 166 Å². The predicted octanol–water partition coefficient (Wildman–Crippen LogP) is 4.55. The van der Waals surface area contributed by atoms with Gasteiger partial charge >= 0.3 is 0 Å². The molecule has 27 heavy (non-hydrogen) atoms. The lowest BCUT2D eigenvalue weighted by atomic mass is 9.98. The minimum atomic E-state index is -0.673. The molecule has 0 radical (unpaired) electrons. The van der Waals surface area contributed by atoms with Crippen LogP contribution in [0.1, 0.15) is 35.4 Å². The van der Waals surface area contributed by atoms with Gasteiger partial charge in [0.25, 0.3) is 11.7 Å². The first kappa shape index (κ1) is 19.5. The number of ketones is 1. The summed E-state index contributed by atoms with van der Waals surface area (Å²) in [7, 11) is 1.47. The SMILES string of the molecule is CCCN1C(=O)C(=O)/C(=C(\O)c2ccc(Cl)c(OC)c2)C1c1sccc1C. The molecule has 1 unspecified atom stereocenters. The van der Waals surface area contributed by atoms with Gasteiger partial charge < -0.3 is 14.7 Å². The van der Waals surface area contributed by atoms with Crippen molar-refractivity contribution in [3.63, 3.8) is 0 Å². The van der Waals surface area contributed by atoms with Crippen molar-refractivity contribution in [2.75, 3.05) is 13.7 Å². The number of benzene rings is 1. The number of nitrogens with zero attached hydrogens (tertiary/aromatic N) is 1. The molecule has 0 aliphatic carbocycles. The quantitative estimate of drug-likeness (QED) is 0.450. The van der Waals surface area contributed by atoms with Gasteiger partial charge in [0.1, 0.15) is 11.5 Å². The van der Waals surface area contributed by atoms with Crippen LogP contribution in [0.2, 0.25) is 5.02 Å². The summed E-state index contributed by atoms with van der Waals surface area (Å²) in [5.74, 6) is -1.10. The van der Waals surface area contributed by atoms with Crippen molar-refractivity contribution in [1.29, 1.82) is 0 Å². The number of aliphatic hydroxyl groups is 1. The van der Waals surface area contributed by atoms with Gasteiger partial charge in [-0.1, -0.05) is 18.5 Å². The normalized spacial score (nSPS) is 19.0. The largest absolute Gasteiger partial charge is 0.507 e. The standard InChI is InChI=1S/C20H20ClNO4S/c1-4-8-22-16(19-11(2)7-9-27-19)15(18(24)20(22)25)17(23)12-5-6-13(21)14(10-12)26-3/h5-7,9-10,16,23H,4,8H2,1-3H3/b17-15-. The highest BCUT2D eigenvalue weighted by atomic mass is 35.5. The number of ether oxygens (including phenoxy) is 1. The molecule has 0 bridgehead atoms. The number of hydrogen-bond acceptors (Lipinski definition) is 5. The molecule has 1 aromatic heterocycles. The molecule has 7 heteroatoms. The number of carbonyl (C=O) groups is 2. The fourth-order valence-corrected chi connectivity index (χ4v) is 4.49. The second kappa shape index (κ2) is 7.74. The fourth-order valence-electron chi connectivity index (χ4n) is 3.25. The molecule has 1 N–H and O–H groups in total. The molecule has 1 aliphatic heterocycles. The van der Waals surface area contributed by atoms with Gasteiger partial charge in [-0.05, 0) is 48.6 Å². The van der Waals surface area contributed by atoms with E-state index < -0.39 is 17.7 Å². The summed E-state index contributed by atoms with van der Waals surface area (Å²) in [6.45, 7) is 4.32. The van der Waals surface area contributed by atoms with Gasteiger partial charge in [-0.2, -0.15) is 0 Å². The van der Waals surface area contributed by atoms with Crippen LogP contribution in [0.3, 0.4) is 0 Å². The van der Waals surface area contributed by atoms with Crippen molar-refractivity contribution < 1.29 is 19.4 Å². The monoisotopic (exact) mass is 405 g/mol. The average Bonchev–Trinajstić information content (AvgIpc) is 3.18. The Bertz CT molecular complexity index is 934. The molecule has 1 fully saturated rings. The highest BCUT2D eigenvalue weighted by molar-refractivity contribution is 7.10. The second-order valence-corrected chi connectivity index (χ2v) is 7.66. The van der Waals surface area contributed by atoms with Crippen LogP contribution in [0.5, 0.6) is 5.75 Å². The van der Waals surface area contributed by atoms with Gasteiger partial charge in [0.2, 0.25) is 0 Å². The van der Waals surface area contributed by atoms with E-state index in [1.165, 1.54) is 18.4 Å². The van der Waals surface area contributed by atoms with Gasteiger partial charge in [0.05, 0.1) is 23.7 Å². The number of carbonyl (C=O) groups excluding carboxylic acids is 2. The van der Waals surface area contributed by atoms with E-state index in [4.69, 9.17) is 16.3 Å². The predicted molar refractivity (Wildman–Crippen MR) is 106 cm³/mol. The summed E-state index contributed by atoms with van der Waals surface area (Å²) in [6, 6.07) is 6.10. The van der Waals surface area contributed by atoms with E-state index >= 15 is 0 Å². The van der Waals surface area contributed by atoms with Crippen molar-refractivity contribution >= 4 is 40.4 Å². The van der Waals surface area contributed by atoms with E-state index in [1.54, 1.807) is 23.1 Å². The molecular formula is C20H20ClNO4S. The van der Waals surface area contributed by atoms with Gasteiger partial charge in [0, 0.05) is 17.0 Å². The number of aliphatic hydroxyl groups excluding tert-OH is 1. The molecule has 1 amide bonds. The van der Waals surface area contributed by atoms with Crippen LogP contribution in [-0.2, 0) is 9.59 Å². The first-order valence-corrected chi connectivity index (χ1v) is 9.82. The van der Waals surface area contributed by atoms with Crippen LogP contribution in [0.15, 0.2) is 35.2 Å². The summed E-state index contributed by atoms with van der Waals surface area (Å²) in [5, 5.41) is 13.3. The zero-order chi connectivity index (χ0) is 19.7. The van der Waals surface area contributed by atoms with Crippen molar-refractivity contribution in [2.45, 2.75) is 26.3 Å². The Kier molecular flexibility index (Phi) is 5.58. The minimum Gasteiger partial charge on any atom is -0.507 e. The highest BCUT2D eigenvalue weighted by Gasteiger charge is 2.46. The summed E-state index contributed by atoms with van der Waals surface area (Å²) in [6.07, 6.45) is 0.711. The van der Waals surface area contributed by atoms with E-state index in [0.717, 1.165) is 10.4 Å². The maximum Gasteiger partial charge on any atom is 0.295 e. The van der Waals surface area contributed by atoms with Crippen LogP contribution >= 0.6 is 22.9 Å². The summed E-state index contributed by atoms with van der Waals surface area (Å²) in [4.78, 5) is 27.8. The molecule has 0 spiro atoms. The molecule has 1 aliphatic rings. The maximum atomic E-state index is 12.8. The summed E-state index contributed by atoms with van der Waals surface area (Å²) < 4.78 is 5.20. The van der Waals surface area contributed by atoms with E-state index in [-0.39, 0.29) is 11.3 Å². The average molecular weight is 406 g/mol. The maximum absolute atomic E-state index is 12.8. The third kappa shape index (κ3) is 3.35. The number of aryl methyl sites for hydroxylation is 1. The minimum absolute atomic E-state index is 0.100. The Morgan fingerprint density at radius 3 is 2.67 bits per heavy atom. The number of hydrogen-bond donors (Lipinski definition) is 1. The number of halogens is 1. The molecule has 3 rings (SSSR count). The molecule has 2 heterocycles. The summed E-state index contributed by atoms with van der Waals surface area (Å²) >= 11 is 7.53. The number of rotatable bonds is 5. The van der Waals surface area contributed by atoms with Crippen LogP contribution in [-0.4, -0.2) is 35.4 Å². The van der Waals surface area contributed by atoms with Gasteiger partial charge in [0.15, 0.2) is 0 Å². The smallest absolute Gasteiger partial charge is 0.295 e. The van der Waals surface area contributed by atoms with Crippen LogP contribution < -0.4 is 4.74 Å². The van der Waals surface area contributed by atoms with Crippen molar-refractivity contribution in [3.05, 3.63) is 56.2 Å². The highest BCUT2D eigenvalue weighted by Crippen LogP contribution is 2.43. The van der Waals surface area contributed by atoms with Gasteiger partial charge in [-0.15, -0.1) is 11.3 Å². The van der Waals surface area contributed by atoms with Crippen LogP contribution in [0, 0.1) is 6.92 Å². The second-order valence-electron chi connectivity index (χ2n) is 6.31. The lowest BCUT2D eigenvalue weighted by molar-refractivity contribution is -0.139. The number of likely N-dealkylation sites (tertiary alicyclic amines) is 1. The first-order chi connectivity index (χ1) is 12.9. The van der Waals surface area contributed by atoms with E-state index in [9.17, 15) is 14.7 Å². The third-order valence-corrected chi connectivity index (χ3v) is 5.96. The lowest BCUT2D eigenvalue weighted by Gasteiger charge is -2.24. The van der Waals surface area contributed by atoms with Gasteiger partial charge in [-0.3, -0.25) is 9.59 Å². The van der Waals surface area contributed by atoms with E-state index in [1.807, 2.05) is 25.3 Å². The molecule has 2 aromatic rings. The van der Waals surface area contributed by atoms with Crippen LogP contribution in [0.4, 0.5) is 0 Å². The van der Waals surface area contributed by atoms with Crippen molar-refractivity contribution in [1.82, 2.24) is 4.90 Å². The third-order valence-electron chi connectivity index (χ3n) is 4.58. The fraction of sp³-hybridized carbons (Fsp3) is 0.300. The number of methoxy groups -OCH3 is 1. The Morgan fingerprint density at radius 2 is 2.07 bits per heavy atom. The zero-order valence-electron chi connectivity index (χ0n) is 15.3. The Morgan fingerprint density at radius 1 is 1.33 bits per heavy atom. The van der Waals surface area contributed by atoms with Crippen molar-refractivity contribution in [2.24, 2.45) is 0 Å².